The summed E-state index contributed by atoms with van der Waals surface area (Å²) in [6, 6.07) is 22.0. The second kappa shape index (κ2) is 8.66. The molecule has 8 heteroatoms. The molecule has 2 heterocycles. The zero-order valence-corrected chi connectivity index (χ0v) is 17.7. The van der Waals surface area contributed by atoms with Gasteiger partial charge in [-0.3, -0.25) is 23.5 Å². The Morgan fingerprint density at radius 3 is 2.24 bits per heavy atom. The lowest BCUT2D eigenvalue weighted by Gasteiger charge is -2.15. The van der Waals surface area contributed by atoms with Crippen molar-refractivity contribution >= 4 is 16.9 Å². The topological polar surface area (TPSA) is 91.6 Å². The number of para-hydroxylation sites is 2. The van der Waals surface area contributed by atoms with Crippen LogP contribution in [0.3, 0.4) is 0 Å². The van der Waals surface area contributed by atoms with Crippen LogP contribution in [0, 0.1) is 0 Å². The maximum atomic E-state index is 13.0. The summed E-state index contributed by atoms with van der Waals surface area (Å²) in [4.78, 5) is 38.6. The van der Waals surface area contributed by atoms with Gasteiger partial charge < -0.3 is 14.8 Å². The molecule has 1 N–H and O–H groups in total. The number of hydrogen-bond donors (Lipinski definition) is 1. The third-order valence-corrected chi connectivity index (χ3v) is 5.55. The Balaban J connectivity index is 1.41. The van der Waals surface area contributed by atoms with Gasteiger partial charge in [0.2, 0.25) is 12.7 Å². The second-order valence-electron chi connectivity index (χ2n) is 7.72. The van der Waals surface area contributed by atoms with Crippen LogP contribution in [0.1, 0.15) is 11.1 Å². The molecule has 0 radical (unpaired) electrons. The van der Waals surface area contributed by atoms with Crippen molar-refractivity contribution in [3.8, 4) is 11.5 Å². The number of hydrogen-bond acceptors (Lipinski definition) is 5. The van der Waals surface area contributed by atoms with Crippen LogP contribution >= 0.6 is 0 Å². The van der Waals surface area contributed by atoms with E-state index >= 15 is 0 Å². The van der Waals surface area contributed by atoms with E-state index in [9.17, 15) is 14.4 Å². The van der Waals surface area contributed by atoms with Gasteiger partial charge in [0.1, 0.15) is 6.54 Å². The zero-order chi connectivity index (χ0) is 22.8. The predicted molar refractivity (Wildman–Crippen MR) is 122 cm³/mol. The molecule has 0 unspecified atom stereocenters. The highest BCUT2D eigenvalue weighted by atomic mass is 16.7. The van der Waals surface area contributed by atoms with Crippen molar-refractivity contribution in [2.45, 2.75) is 19.6 Å². The lowest BCUT2D eigenvalue weighted by molar-refractivity contribution is -0.121. The molecule has 1 aliphatic rings. The summed E-state index contributed by atoms with van der Waals surface area (Å²) >= 11 is 0. The van der Waals surface area contributed by atoms with E-state index in [1.807, 2.05) is 36.4 Å². The quantitative estimate of drug-likeness (QED) is 0.462. The molecule has 1 aromatic heterocycles. The Labute approximate surface area is 188 Å². The first-order valence-corrected chi connectivity index (χ1v) is 10.5. The molecule has 5 rings (SSSR count). The summed E-state index contributed by atoms with van der Waals surface area (Å²) in [5, 5.41) is 2.80. The number of ether oxygens (including phenoxy) is 2. The second-order valence-corrected chi connectivity index (χ2v) is 7.72. The van der Waals surface area contributed by atoms with Gasteiger partial charge in [-0.1, -0.05) is 48.5 Å². The van der Waals surface area contributed by atoms with E-state index in [-0.39, 0.29) is 32.3 Å². The first-order chi connectivity index (χ1) is 16.1. The van der Waals surface area contributed by atoms with Crippen molar-refractivity contribution < 1.29 is 14.3 Å². The Hall–Kier alpha value is -4.33. The molecule has 0 saturated carbocycles. The van der Waals surface area contributed by atoms with Gasteiger partial charge >= 0.3 is 11.1 Å². The van der Waals surface area contributed by atoms with Crippen molar-refractivity contribution in [1.29, 1.82) is 0 Å². The fourth-order valence-corrected chi connectivity index (χ4v) is 3.90. The summed E-state index contributed by atoms with van der Waals surface area (Å²) in [5.41, 5.74) is 1.46. The van der Waals surface area contributed by atoms with E-state index in [1.165, 1.54) is 9.13 Å². The van der Waals surface area contributed by atoms with Crippen LogP contribution in [-0.2, 0) is 24.4 Å². The number of nitrogens with zero attached hydrogens (tertiary/aromatic N) is 2. The molecule has 0 bridgehead atoms. The lowest BCUT2D eigenvalue weighted by atomic mass is 10.2. The first-order valence-electron chi connectivity index (χ1n) is 10.5. The smallest absolute Gasteiger partial charge is 0.317 e. The maximum absolute atomic E-state index is 13.0. The van der Waals surface area contributed by atoms with Crippen molar-refractivity contribution in [1.82, 2.24) is 14.5 Å². The van der Waals surface area contributed by atoms with E-state index in [0.717, 1.165) is 11.1 Å². The number of aromatic nitrogens is 2. The molecule has 0 aliphatic carbocycles. The van der Waals surface area contributed by atoms with E-state index < -0.39 is 11.1 Å². The minimum absolute atomic E-state index is 0.178. The number of rotatable bonds is 6. The molecular weight excluding hydrogens is 422 g/mol. The fraction of sp³-hybridized carbons (Fsp3) is 0.160. The Kier molecular flexibility index (Phi) is 5.40. The fourth-order valence-electron chi connectivity index (χ4n) is 3.90. The normalized spacial score (nSPS) is 12.1. The third-order valence-electron chi connectivity index (χ3n) is 5.55. The summed E-state index contributed by atoms with van der Waals surface area (Å²) in [6.45, 7) is 0.446. The SMILES string of the molecule is O=C(Cn1c(=O)c(=O)n(Cc2ccccc2)c2ccccc21)NCc1ccc2c(c1)OCO2. The average Bonchev–Trinajstić information content (AvgIpc) is 3.32. The molecular formula is C25H21N3O5. The number of carbonyl (C=O) groups excluding carboxylic acids is 1. The highest BCUT2D eigenvalue weighted by Gasteiger charge is 2.16. The van der Waals surface area contributed by atoms with Gasteiger partial charge in [-0.15, -0.1) is 0 Å². The minimum Gasteiger partial charge on any atom is -0.454 e. The number of benzene rings is 3. The van der Waals surface area contributed by atoms with Gasteiger partial charge in [-0.05, 0) is 35.4 Å². The molecule has 0 saturated heterocycles. The van der Waals surface area contributed by atoms with Crippen molar-refractivity contribution in [2.75, 3.05) is 6.79 Å². The van der Waals surface area contributed by atoms with Crippen LogP contribution in [0.4, 0.5) is 0 Å². The van der Waals surface area contributed by atoms with Crippen LogP contribution < -0.4 is 25.9 Å². The molecule has 0 fully saturated rings. The molecule has 8 nitrogen and oxygen atoms in total. The van der Waals surface area contributed by atoms with Crippen molar-refractivity contribution in [3.05, 3.63) is 105 Å². The molecule has 1 aliphatic heterocycles. The van der Waals surface area contributed by atoms with Gasteiger partial charge in [0.25, 0.3) is 0 Å². The number of carbonyl (C=O) groups is 1. The minimum atomic E-state index is -0.733. The van der Waals surface area contributed by atoms with Gasteiger partial charge in [-0.2, -0.15) is 0 Å². The Morgan fingerprint density at radius 2 is 1.45 bits per heavy atom. The van der Waals surface area contributed by atoms with Gasteiger partial charge in [0.05, 0.1) is 17.6 Å². The van der Waals surface area contributed by atoms with E-state index in [2.05, 4.69) is 5.32 Å². The molecule has 0 atom stereocenters. The Morgan fingerprint density at radius 1 is 0.788 bits per heavy atom. The largest absolute Gasteiger partial charge is 0.454 e. The molecule has 33 heavy (non-hydrogen) atoms. The van der Waals surface area contributed by atoms with Crippen LogP contribution in [-0.4, -0.2) is 21.8 Å². The number of fused-ring (bicyclic) bond motifs is 2. The van der Waals surface area contributed by atoms with E-state index in [0.29, 0.717) is 22.5 Å². The highest BCUT2D eigenvalue weighted by molar-refractivity contribution is 5.80. The summed E-state index contributed by atoms with van der Waals surface area (Å²) < 4.78 is 13.3. The van der Waals surface area contributed by atoms with Gasteiger partial charge in [0, 0.05) is 6.54 Å². The molecule has 4 aromatic rings. The van der Waals surface area contributed by atoms with Gasteiger partial charge in [-0.25, -0.2) is 0 Å². The van der Waals surface area contributed by atoms with Crippen molar-refractivity contribution in [2.24, 2.45) is 0 Å². The number of nitrogens with one attached hydrogen (secondary N) is 1. The van der Waals surface area contributed by atoms with Crippen LogP contribution in [0.25, 0.3) is 11.0 Å². The Bertz CT molecular complexity index is 1460. The van der Waals surface area contributed by atoms with Crippen LogP contribution in [0.15, 0.2) is 82.4 Å². The standard InChI is InChI=1S/C25H21N3O5/c29-23(26-13-18-10-11-21-22(12-18)33-16-32-21)15-28-20-9-5-4-8-19(20)27(24(30)25(28)31)14-17-6-2-1-3-7-17/h1-12H,13-16H2,(H,26,29). The zero-order valence-electron chi connectivity index (χ0n) is 17.7. The van der Waals surface area contributed by atoms with Crippen LogP contribution in [0.5, 0.6) is 11.5 Å². The van der Waals surface area contributed by atoms with Crippen LogP contribution in [0.2, 0.25) is 0 Å². The summed E-state index contributed by atoms with van der Waals surface area (Å²) in [5.74, 6) is 0.922. The molecule has 0 spiro atoms. The van der Waals surface area contributed by atoms with E-state index in [1.54, 1.807) is 36.4 Å². The summed E-state index contributed by atoms with van der Waals surface area (Å²) in [6.07, 6.45) is 0. The van der Waals surface area contributed by atoms with Crippen molar-refractivity contribution in [3.63, 3.8) is 0 Å². The number of amides is 1. The highest BCUT2D eigenvalue weighted by Crippen LogP contribution is 2.32. The van der Waals surface area contributed by atoms with E-state index in [4.69, 9.17) is 9.47 Å². The lowest BCUT2D eigenvalue weighted by Crippen LogP contribution is -2.44. The average molecular weight is 443 g/mol. The summed E-state index contributed by atoms with van der Waals surface area (Å²) in [7, 11) is 0. The first kappa shape index (κ1) is 20.6. The molecule has 1 amide bonds. The third kappa shape index (κ3) is 4.10. The molecule has 3 aromatic carbocycles. The molecule has 166 valence electrons. The predicted octanol–water partition coefficient (Wildman–Crippen LogP) is 2.26. The monoisotopic (exact) mass is 443 g/mol. The van der Waals surface area contributed by atoms with Gasteiger partial charge in [0.15, 0.2) is 11.5 Å². The maximum Gasteiger partial charge on any atom is 0.317 e.